The van der Waals surface area contributed by atoms with Gasteiger partial charge in [-0.15, -0.1) is 0 Å². The molecule has 0 spiro atoms. The Kier molecular flexibility index (Phi) is 6.80. The Morgan fingerprint density at radius 3 is 2.29 bits per heavy atom. The molecule has 5 nitrogen and oxygen atoms in total. The molecule has 0 aliphatic heterocycles. The van der Waals surface area contributed by atoms with Crippen LogP contribution in [0.2, 0.25) is 0 Å². The molecular formula is C12H25N3O2. The van der Waals surface area contributed by atoms with E-state index in [1.807, 2.05) is 13.8 Å². The molecule has 0 rings (SSSR count). The Bertz CT molecular complexity index is 262. The van der Waals surface area contributed by atoms with Crippen LogP contribution < -0.4 is 16.4 Å². The van der Waals surface area contributed by atoms with Crippen LogP contribution >= 0.6 is 0 Å². The molecule has 0 aliphatic rings. The summed E-state index contributed by atoms with van der Waals surface area (Å²) in [5.41, 5.74) is 4.90. The molecule has 0 fully saturated rings. The monoisotopic (exact) mass is 243 g/mol. The van der Waals surface area contributed by atoms with Crippen molar-refractivity contribution in [2.75, 3.05) is 19.6 Å². The molecule has 0 atom stereocenters. The van der Waals surface area contributed by atoms with Gasteiger partial charge in [0.25, 0.3) is 0 Å². The smallest absolute Gasteiger partial charge is 0.226 e. The summed E-state index contributed by atoms with van der Waals surface area (Å²) in [4.78, 5) is 23.0. The van der Waals surface area contributed by atoms with Gasteiger partial charge >= 0.3 is 0 Å². The lowest BCUT2D eigenvalue weighted by atomic mass is 9.93. The summed E-state index contributed by atoms with van der Waals surface area (Å²) in [6.07, 6.45) is 0.305. The number of hydrogen-bond acceptors (Lipinski definition) is 3. The number of carbonyl (C=O) groups excluding carboxylic acids is 2. The molecule has 100 valence electrons. The van der Waals surface area contributed by atoms with Crippen molar-refractivity contribution in [2.24, 2.45) is 17.1 Å². The molecule has 5 heteroatoms. The summed E-state index contributed by atoms with van der Waals surface area (Å²) in [6.45, 7) is 8.94. The van der Waals surface area contributed by atoms with Crippen molar-refractivity contribution in [3.63, 3.8) is 0 Å². The zero-order chi connectivity index (χ0) is 13.5. The van der Waals surface area contributed by atoms with Crippen LogP contribution in [0, 0.1) is 11.3 Å². The van der Waals surface area contributed by atoms with Gasteiger partial charge in [-0.1, -0.05) is 13.8 Å². The first-order valence-electron chi connectivity index (χ1n) is 6.04. The number of amides is 2. The van der Waals surface area contributed by atoms with Crippen LogP contribution in [-0.4, -0.2) is 31.4 Å². The van der Waals surface area contributed by atoms with Gasteiger partial charge in [-0.25, -0.2) is 0 Å². The van der Waals surface area contributed by atoms with Crippen LogP contribution in [0.3, 0.4) is 0 Å². The number of nitrogens with two attached hydrogens (primary N) is 1. The van der Waals surface area contributed by atoms with Gasteiger partial charge in [-0.2, -0.15) is 0 Å². The first-order valence-corrected chi connectivity index (χ1v) is 6.04. The van der Waals surface area contributed by atoms with Crippen molar-refractivity contribution in [2.45, 2.75) is 34.1 Å². The summed E-state index contributed by atoms with van der Waals surface area (Å²) in [7, 11) is 0. The Balaban J connectivity index is 3.77. The lowest BCUT2D eigenvalue weighted by molar-refractivity contribution is -0.129. The van der Waals surface area contributed by atoms with E-state index < -0.39 is 5.41 Å². The topological polar surface area (TPSA) is 84.2 Å². The molecule has 0 bridgehead atoms. The highest BCUT2D eigenvalue weighted by molar-refractivity contribution is 5.83. The lowest BCUT2D eigenvalue weighted by Gasteiger charge is -2.21. The largest absolute Gasteiger partial charge is 0.356 e. The van der Waals surface area contributed by atoms with E-state index in [4.69, 9.17) is 5.73 Å². The summed E-state index contributed by atoms with van der Waals surface area (Å²) in [5.74, 6) is 0.283. The van der Waals surface area contributed by atoms with Crippen LogP contribution in [0.5, 0.6) is 0 Å². The third kappa shape index (κ3) is 6.94. The van der Waals surface area contributed by atoms with Gasteiger partial charge in [0.15, 0.2) is 0 Å². The molecule has 0 aromatic carbocycles. The molecular weight excluding hydrogens is 218 g/mol. The zero-order valence-corrected chi connectivity index (χ0v) is 11.3. The molecule has 0 aromatic rings. The van der Waals surface area contributed by atoms with Crippen molar-refractivity contribution in [3.05, 3.63) is 0 Å². The maximum atomic E-state index is 11.6. The first kappa shape index (κ1) is 15.9. The van der Waals surface area contributed by atoms with Crippen LogP contribution in [0.15, 0.2) is 0 Å². The summed E-state index contributed by atoms with van der Waals surface area (Å²) in [5, 5.41) is 5.51. The number of carbonyl (C=O) groups is 2. The second kappa shape index (κ2) is 7.27. The molecule has 0 heterocycles. The molecule has 0 radical (unpaired) electrons. The van der Waals surface area contributed by atoms with Gasteiger partial charge in [0.2, 0.25) is 11.8 Å². The van der Waals surface area contributed by atoms with E-state index in [1.165, 1.54) is 0 Å². The standard InChI is InChI=1S/C12H25N3O2/c1-9(2)7-15-10(16)5-6-14-11(17)12(3,4)8-13/h9H,5-8,13H2,1-4H3,(H,14,17)(H,15,16). The first-order chi connectivity index (χ1) is 7.79. The maximum Gasteiger partial charge on any atom is 0.226 e. The molecule has 0 saturated carbocycles. The van der Waals surface area contributed by atoms with Gasteiger partial charge in [0.05, 0.1) is 5.41 Å². The van der Waals surface area contributed by atoms with Gasteiger partial charge in [0.1, 0.15) is 0 Å². The molecule has 2 amide bonds. The van der Waals surface area contributed by atoms with Gasteiger partial charge in [-0.3, -0.25) is 9.59 Å². The van der Waals surface area contributed by atoms with Gasteiger partial charge in [-0.05, 0) is 19.8 Å². The van der Waals surface area contributed by atoms with E-state index in [0.29, 0.717) is 32.0 Å². The highest BCUT2D eigenvalue weighted by atomic mass is 16.2. The van der Waals surface area contributed by atoms with Gasteiger partial charge < -0.3 is 16.4 Å². The lowest BCUT2D eigenvalue weighted by Crippen LogP contribution is -2.43. The number of nitrogens with one attached hydrogen (secondary N) is 2. The molecule has 0 aliphatic carbocycles. The number of rotatable bonds is 7. The van der Waals surface area contributed by atoms with Crippen molar-refractivity contribution >= 4 is 11.8 Å². The SMILES string of the molecule is CC(C)CNC(=O)CCNC(=O)C(C)(C)CN. The predicted molar refractivity (Wildman–Crippen MR) is 68.3 cm³/mol. The fourth-order valence-corrected chi connectivity index (χ4v) is 1.03. The van der Waals surface area contributed by atoms with E-state index in [-0.39, 0.29) is 11.8 Å². The Hall–Kier alpha value is -1.10. The Morgan fingerprint density at radius 1 is 1.24 bits per heavy atom. The molecule has 17 heavy (non-hydrogen) atoms. The summed E-state index contributed by atoms with van der Waals surface area (Å²) < 4.78 is 0. The molecule has 0 unspecified atom stereocenters. The second-order valence-electron chi connectivity index (χ2n) is 5.29. The zero-order valence-electron chi connectivity index (χ0n) is 11.3. The minimum atomic E-state index is -0.575. The Labute approximate surface area is 104 Å². The maximum absolute atomic E-state index is 11.6. The van der Waals surface area contributed by atoms with Crippen LogP contribution in [0.4, 0.5) is 0 Å². The fraction of sp³-hybridized carbons (Fsp3) is 0.833. The third-order valence-electron chi connectivity index (χ3n) is 2.47. The summed E-state index contributed by atoms with van der Waals surface area (Å²) >= 11 is 0. The minimum Gasteiger partial charge on any atom is -0.356 e. The molecule has 4 N–H and O–H groups in total. The van der Waals surface area contributed by atoms with Crippen LogP contribution in [-0.2, 0) is 9.59 Å². The molecule has 0 aromatic heterocycles. The van der Waals surface area contributed by atoms with Gasteiger partial charge in [0, 0.05) is 26.1 Å². The van der Waals surface area contributed by atoms with Crippen molar-refractivity contribution in [3.8, 4) is 0 Å². The average molecular weight is 243 g/mol. The van der Waals surface area contributed by atoms with Crippen LogP contribution in [0.1, 0.15) is 34.1 Å². The molecule has 0 saturated heterocycles. The van der Waals surface area contributed by atoms with E-state index in [2.05, 4.69) is 10.6 Å². The van der Waals surface area contributed by atoms with Crippen molar-refractivity contribution in [1.82, 2.24) is 10.6 Å². The number of hydrogen-bond donors (Lipinski definition) is 3. The second-order valence-corrected chi connectivity index (χ2v) is 5.29. The van der Waals surface area contributed by atoms with Crippen molar-refractivity contribution in [1.29, 1.82) is 0 Å². The highest BCUT2D eigenvalue weighted by Gasteiger charge is 2.25. The predicted octanol–water partition coefficient (Wildman–Crippen LogP) is 0.250. The van der Waals surface area contributed by atoms with E-state index >= 15 is 0 Å². The fourth-order valence-electron chi connectivity index (χ4n) is 1.03. The average Bonchev–Trinajstić information content (AvgIpc) is 2.26. The third-order valence-corrected chi connectivity index (χ3v) is 2.47. The quantitative estimate of drug-likeness (QED) is 0.599. The van der Waals surface area contributed by atoms with E-state index in [1.54, 1.807) is 13.8 Å². The minimum absolute atomic E-state index is 0.0374. The van der Waals surface area contributed by atoms with E-state index in [0.717, 1.165) is 0 Å². The highest BCUT2D eigenvalue weighted by Crippen LogP contribution is 2.11. The Morgan fingerprint density at radius 2 is 1.82 bits per heavy atom. The normalized spacial score (nSPS) is 11.4. The van der Waals surface area contributed by atoms with Crippen molar-refractivity contribution < 1.29 is 9.59 Å². The van der Waals surface area contributed by atoms with Crippen LogP contribution in [0.25, 0.3) is 0 Å². The van der Waals surface area contributed by atoms with E-state index in [9.17, 15) is 9.59 Å². The summed E-state index contributed by atoms with van der Waals surface area (Å²) in [6, 6.07) is 0.